The van der Waals surface area contributed by atoms with E-state index in [0.29, 0.717) is 28.7 Å². The molecule has 1 saturated carbocycles. The van der Waals surface area contributed by atoms with E-state index < -0.39 is 0 Å². The summed E-state index contributed by atoms with van der Waals surface area (Å²) in [6, 6.07) is 15.3. The molecule has 0 aliphatic heterocycles. The summed E-state index contributed by atoms with van der Waals surface area (Å²) in [5.74, 6) is 1.81. The van der Waals surface area contributed by atoms with Gasteiger partial charge in [-0.15, -0.1) is 0 Å². The molecule has 0 saturated heterocycles. The third-order valence-corrected chi connectivity index (χ3v) is 5.71. The number of hydrogen-bond donors (Lipinski definition) is 2. The summed E-state index contributed by atoms with van der Waals surface area (Å²) in [5, 5.41) is 19.3. The summed E-state index contributed by atoms with van der Waals surface area (Å²) >= 11 is 0. The predicted molar refractivity (Wildman–Crippen MR) is 98.3 cm³/mol. The summed E-state index contributed by atoms with van der Waals surface area (Å²) in [5.41, 5.74) is 2.80. The van der Waals surface area contributed by atoms with Crippen molar-refractivity contribution in [2.45, 2.75) is 46.0 Å². The first-order chi connectivity index (χ1) is 11.2. The lowest BCUT2D eigenvalue weighted by Gasteiger charge is -2.56. The van der Waals surface area contributed by atoms with E-state index in [-0.39, 0.29) is 5.41 Å². The summed E-state index contributed by atoms with van der Waals surface area (Å²) in [4.78, 5) is 0. The van der Waals surface area contributed by atoms with E-state index in [9.17, 15) is 10.2 Å². The topological polar surface area (TPSA) is 40.5 Å². The molecule has 2 heteroatoms. The molecule has 2 N–H and O–H groups in total. The van der Waals surface area contributed by atoms with Crippen molar-refractivity contribution in [2.24, 2.45) is 17.3 Å². The van der Waals surface area contributed by atoms with Crippen LogP contribution in [0.15, 0.2) is 48.5 Å². The average molecular weight is 324 g/mol. The van der Waals surface area contributed by atoms with Gasteiger partial charge in [0.1, 0.15) is 11.5 Å². The SMILES string of the molecule is C[C@@H]1[C@@H](CC(C)(C)C)CC1(c1ccc(O)cc1)c1ccc(O)cc1. The van der Waals surface area contributed by atoms with E-state index in [4.69, 9.17) is 0 Å². The van der Waals surface area contributed by atoms with Crippen LogP contribution in [0.4, 0.5) is 0 Å². The number of phenolic OH excluding ortho intramolecular Hbond substituents is 2. The van der Waals surface area contributed by atoms with E-state index in [2.05, 4.69) is 27.7 Å². The standard InChI is InChI=1S/C22H28O2/c1-15-16(13-21(2,3)4)14-22(15,17-5-9-19(23)10-6-17)18-7-11-20(24)12-8-18/h5-12,15-16,23-24H,13-14H2,1-4H3/t15-,16+/m1/s1. The molecule has 24 heavy (non-hydrogen) atoms. The highest BCUT2D eigenvalue weighted by atomic mass is 16.3. The maximum Gasteiger partial charge on any atom is 0.115 e. The van der Waals surface area contributed by atoms with Crippen molar-refractivity contribution in [1.29, 1.82) is 0 Å². The largest absolute Gasteiger partial charge is 0.508 e. The van der Waals surface area contributed by atoms with Crippen LogP contribution < -0.4 is 0 Å². The minimum absolute atomic E-state index is 0.0304. The van der Waals surface area contributed by atoms with Gasteiger partial charge in [0.25, 0.3) is 0 Å². The Morgan fingerprint density at radius 2 is 1.29 bits per heavy atom. The molecule has 2 nitrogen and oxygen atoms in total. The van der Waals surface area contributed by atoms with Crippen LogP contribution in [0.2, 0.25) is 0 Å². The molecule has 2 aromatic rings. The maximum absolute atomic E-state index is 9.66. The molecule has 2 atom stereocenters. The summed E-state index contributed by atoms with van der Waals surface area (Å²) in [6.07, 6.45) is 2.33. The molecule has 1 aliphatic rings. The highest BCUT2D eigenvalue weighted by Crippen LogP contribution is 2.59. The van der Waals surface area contributed by atoms with Gasteiger partial charge < -0.3 is 10.2 Å². The van der Waals surface area contributed by atoms with Gasteiger partial charge in [-0.25, -0.2) is 0 Å². The van der Waals surface area contributed by atoms with Gasteiger partial charge in [-0.1, -0.05) is 52.0 Å². The Hall–Kier alpha value is -1.96. The highest BCUT2D eigenvalue weighted by molar-refractivity contribution is 5.46. The minimum atomic E-state index is -0.0304. The Morgan fingerprint density at radius 3 is 1.62 bits per heavy atom. The maximum atomic E-state index is 9.66. The molecule has 128 valence electrons. The first kappa shape index (κ1) is 16.9. The Kier molecular flexibility index (Phi) is 4.11. The Bertz CT molecular complexity index is 647. The van der Waals surface area contributed by atoms with Crippen LogP contribution in [0, 0.1) is 17.3 Å². The first-order valence-electron chi connectivity index (χ1n) is 8.81. The first-order valence-corrected chi connectivity index (χ1v) is 8.81. The van der Waals surface area contributed by atoms with Crippen molar-refractivity contribution in [1.82, 2.24) is 0 Å². The van der Waals surface area contributed by atoms with E-state index in [1.165, 1.54) is 17.5 Å². The van der Waals surface area contributed by atoms with Crippen molar-refractivity contribution in [3.05, 3.63) is 59.7 Å². The van der Waals surface area contributed by atoms with Crippen LogP contribution >= 0.6 is 0 Å². The quantitative estimate of drug-likeness (QED) is 0.785. The van der Waals surface area contributed by atoms with Crippen molar-refractivity contribution in [2.75, 3.05) is 0 Å². The molecule has 0 spiro atoms. The van der Waals surface area contributed by atoms with Gasteiger partial charge in [0, 0.05) is 5.41 Å². The molecular weight excluding hydrogens is 296 g/mol. The van der Waals surface area contributed by atoms with Crippen molar-refractivity contribution in [3.63, 3.8) is 0 Å². The lowest BCUT2D eigenvalue weighted by molar-refractivity contribution is 0.0435. The van der Waals surface area contributed by atoms with Crippen LogP contribution in [0.25, 0.3) is 0 Å². The van der Waals surface area contributed by atoms with Gasteiger partial charge in [-0.05, 0) is 65.5 Å². The van der Waals surface area contributed by atoms with Gasteiger partial charge in [0.15, 0.2) is 0 Å². The van der Waals surface area contributed by atoms with E-state index >= 15 is 0 Å². The fourth-order valence-corrected chi connectivity index (χ4v) is 4.50. The van der Waals surface area contributed by atoms with Gasteiger partial charge >= 0.3 is 0 Å². The molecule has 2 aromatic carbocycles. The molecule has 0 unspecified atom stereocenters. The van der Waals surface area contributed by atoms with E-state index in [1.54, 1.807) is 24.3 Å². The summed E-state index contributed by atoms with van der Waals surface area (Å²) in [7, 11) is 0. The Labute approximate surface area is 145 Å². The second-order valence-corrected chi connectivity index (χ2v) is 8.58. The lowest BCUT2D eigenvalue weighted by Crippen LogP contribution is -2.51. The van der Waals surface area contributed by atoms with Crippen LogP contribution in [0.1, 0.15) is 51.7 Å². The molecule has 0 heterocycles. The van der Waals surface area contributed by atoms with Crippen LogP contribution in [-0.2, 0) is 5.41 Å². The van der Waals surface area contributed by atoms with Crippen LogP contribution in [0.3, 0.4) is 0 Å². The third kappa shape index (κ3) is 2.90. The van der Waals surface area contributed by atoms with Crippen LogP contribution in [0.5, 0.6) is 11.5 Å². The van der Waals surface area contributed by atoms with Crippen molar-refractivity contribution < 1.29 is 10.2 Å². The van der Waals surface area contributed by atoms with Gasteiger partial charge in [0.05, 0.1) is 0 Å². The fourth-order valence-electron chi connectivity index (χ4n) is 4.50. The van der Waals surface area contributed by atoms with Gasteiger partial charge in [0.2, 0.25) is 0 Å². The average Bonchev–Trinajstić information content (AvgIpc) is 2.52. The molecule has 3 rings (SSSR count). The van der Waals surface area contributed by atoms with Gasteiger partial charge in [-0.3, -0.25) is 0 Å². The monoisotopic (exact) mass is 324 g/mol. The van der Waals surface area contributed by atoms with Crippen molar-refractivity contribution >= 4 is 0 Å². The highest BCUT2D eigenvalue weighted by Gasteiger charge is 2.53. The number of phenols is 2. The zero-order chi connectivity index (χ0) is 17.5. The third-order valence-electron chi connectivity index (χ3n) is 5.71. The molecule has 0 bridgehead atoms. The molecule has 1 aliphatic carbocycles. The number of benzene rings is 2. The molecular formula is C22H28O2. The summed E-state index contributed by atoms with van der Waals surface area (Å²) in [6.45, 7) is 9.27. The molecule has 0 amide bonds. The number of hydrogen-bond acceptors (Lipinski definition) is 2. The Balaban J connectivity index is 2.00. The molecule has 1 fully saturated rings. The second-order valence-electron chi connectivity index (χ2n) is 8.58. The lowest BCUT2D eigenvalue weighted by atomic mass is 9.47. The molecule has 0 aromatic heterocycles. The fraction of sp³-hybridized carbons (Fsp3) is 0.455. The zero-order valence-electron chi connectivity index (χ0n) is 15.1. The minimum Gasteiger partial charge on any atom is -0.508 e. The number of rotatable bonds is 3. The van der Waals surface area contributed by atoms with Crippen molar-refractivity contribution in [3.8, 4) is 11.5 Å². The smallest absolute Gasteiger partial charge is 0.115 e. The predicted octanol–water partition coefficient (Wildman–Crippen LogP) is 5.48. The number of aromatic hydroxyl groups is 2. The van der Waals surface area contributed by atoms with E-state index in [1.807, 2.05) is 24.3 Å². The molecule has 0 radical (unpaired) electrons. The van der Waals surface area contributed by atoms with Gasteiger partial charge in [-0.2, -0.15) is 0 Å². The zero-order valence-corrected chi connectivity index (χ0v) is 15.1. The van der Waals surface area contributed by atoms with Crippen LogP contribution in [-0.4, -0.2) is 10.2 Å². The summed E-state index contributed by atoms with van der Waals surface area (Å²) < 4.78 is 0. The Morgan fingerprint density at radius 1 is 0.875 bits per heavy atom. The normalized spacial score (nSPS) is 22.8. The second kappa shape index (κ2) is 5.84. The van der Waals surface area contributed by atoms with E-state index in [0.717, 1.165) is 6.42 Å².